The van der Waals surface area contributed by atoms with Crippen LogP contribution < -0.4 is 10.1 Å². The molecule has 1 heterocycles. The van der Waals surface area contributed by atoms with Crippen LogP contribution in [0.25, 0.3) is 0 Å². The van der Waals surface area contributed by atoms with Crippen molar-refractivity contribution >= 4 is 17.3 Å². The third-order valence-electron chi connectivity index (χ3n) is 3.52. The third-order valence-corrected chi connectivity index (χ3v) is 3.80. The summed E-state index contributed by atoms with van der Waals surface area (Å²) in [7, 11) is 0. The van der Waals surface area contributed by atoms with Crippen LogP contribution in [0, 0.1) is 19.7 Å². The smallest absolute Gasteiger partial charge is 0.162 e. The Bertz CT molecular complexity index is 672. The number of rotatable bonds is 1. The Hall–Kier alpha value is -1.74. The van der Waals surface area contributed by atoms with Crippen molar-refractivity contribution in [2.24, 2.45) is 0 Å². The molecule has 0 spiro atoms. The van der Waals surface area contributed by atoms with Gasteiger partial charge in [0.15, 0.2) is 5.75 Å². The van der Waals surface area contributed by atoms with E-state index in [9.17, 15) is 4.39 Å². The lowest BCUT2D eigenvalue weighted by Gasteiger charge is -2.29. The number of hydrogen-bond donors (Lipinski definition) is 1. The largest absolute Gasteiger partial charge is 0.480 e. The van der Waals surface area contributed by atoms with Crippen LogP contribution in [0.1, 0.15) is 22.8 Å². The van der Waals surface area contributed by atoms with Crippen LogP contribution in [-0.2, 0) is 0 Å². The molecule has 2 aromatic rings. The van der Waals surface area contributed by atoms with Crippen molar-refractivity contribution in [3.05, 3.63) is 57.9 Å². The van der Waals surface area contributed by atoms with Gasteiger partial charge in [-0.15, -0.1) is 0 Å². The normalized spacial score (nSPS) is 17.1. The van der Waals surface area contributed by atoms with Crippen molar-refractivity contribution < 1.29 is 9.13 Å². The van der Waals surface area contributed by atoms with Gasteiger partial charge in [-0.1, -0.05) is 35.4 Å². The lowest BCUT2D eigenvalue weighted by molar-refractivity contribution is 0.209. The maximum absolute atomic E-state index is 13.3. The topological polar surface area (TPSA) is 21.3 Å². The molecule has 0 saturated heterocycles. The van der Waals surface area contributed by atoms with E-state index in [1.165, 1.54) is 23.3 Å². The predicted octanol–water partition coefficient (Wildman–Crippen LogP) is 4.64. The molecule has 20 heavy (non-hydrogen) atoms. The molecule has 0 radical (unpaired) electrons. The van der Waals surface area contributed by atoms with E-state index in [4.69, 9.17) is 16.3 Å². The monoisotopic (exact) mass is 291 g/mol. The highest BCUT2D eigenvalue weighted by atomic mass is 35.5. The maximum atomic E-state index is 13.3. The highest BCUT2D eigenvalue weighted by Crippen LogP contribution is 2.40. The zero-order valence-corrected chi connectivity index (χ0v) is 12.1. The van der Waals surface area contributed by atoms with Crippen LogP contribution >= 0.6 is 11.6 Å². The first kappa shape index (κ1) is 13.3. The van der Waals surface area contributed by atoms with Crippen LogP contribution in [0.4, 0.5) is 10.1 Å². The Morgan fingerprint density at radius 2 is 2.05 bits per heavy atom. The molecule has 0 aromatic heterocycles. The second-order valence-electron chi connectivity index (χ2n) is 5.11. The van der Waals surface area contributed by atoms with Crippen LogP contribution in [0.2, 0.25) is 5.02 Å². The minimum Gasteiger partial charge on any atom is -0.480 e. The Labute approximate surface area is 122 Å². The van der Waals surface area contributed by atoms with Crippen LogP contribution in [0.3, 0.4) is 0 Å². The summed E-state index contributed by atoms with van der Waals surface area (Å²) < 4.78 is 19.3. The molecule has 0 saturated carbocycles. The molecule has 0 amide bonds. The van der Waals surface area contributed by atoms with Crippen LogP contribution in [0.5, 0.6) is 5.75 Å². The van der Waals surface area contributed by atoms with Gasteiger partial charge >= 0.3 is 0 Å². The fraction of sp³-hybridized carbons (Fsp3) is 0.250. The van der Waals surface area contributed by atoms with Crippen molar-refractivity contribution in [1.82, 2.24) is 0 Å². The number of ether oxygens (including phenoxy) is 1. The Balaban J connectivity index is 1.96. The molecule has 2 nitrogen and oxygen atoms in total. The van der Waals surface area contributed by atoms with Crippen LogP contribution in [0.15, 0.2) is 30.3 Å². The number of nitrogens with one attached hydrogen (secondary N) is 1. The average molecular weight is 292 g/mol. The summed E-state index contributed by atoms with van der Waals surface area (Å²) in [6.45, 7) is 4.72. The third kappa shape index (κ3) is 2.34. The Morgan fingerprint density at radius 3 is 2.80 bits per heavy atom. The van der Waals surface area contributed by atoms with E-state index >= 15 is 0 Å². The van der Waals surface area contributed by atoms with Gasteiger partial charge in [0.25, 0.3) is 0 Å². The summed E-state index contributed by atoms with van der Waals surface area (Å²) in [6.07, 6.45) is -0.119. The summed E-state index contributed by atoms with van der Waals surface area (Å²) in [4.78, 5) is 0. The van der Waals surface area contributed by atoms with Gasteiger partial charge < -0.3 is 10.1 Å². The molecule has 3 rings (SSSR count). The lowest BCUT2D eigenvalue weighted by atomic mass is 10.00. The number of hydrogen-bond acceptors (Lipinski definition) is 2. The summed E-state index contributed by atoms with van der Waals surface area (Å²) in [5, 5.41) is 3.48. The SMILES string of the molecule is Cc1ccc(C2CNc3cc(F)cc(Cl)c3O2)c(C)c1. The van der Waals surface area contributed by atoms with E-state index in [0.717, 1.165) is 5.56 Å². The molecule has 1 aliphatic rings. The highest BCUT2D eigenvalue weighted by molar-refractivity contribution is 6.32. The summed E-state index contributed by atoms with van der Waals surface area (Å²) in [6, 6.07) is 8.93. The molecular formula is C16H15ClFNO. The van der Waals surface area contributed by atoms with Gasteiger partial charge in [-0.25, -0.2) is 4.39 Å². The Kier molecular flexibility index (Phi) is 3.30. The van der Waals surface area contributed by atoms with E-state index < -0.39 is 0 Å². The highest BCUT2D eigenvalue weighted by Gasteiger charge is 2.24. The predicted molar refractivity (Wildman–Crippen MR) is 79.2 cm³/mol. The number of fused-ring (bicyclic) bond motifs is 1. The minimum absolute atomic E-state index is 0.119. The van der Waals surface area contributed by atoms with Crippen molar-refractivity contribution in [3.8, 4) is 5.75 Å². The first-order valence-corrected chi connectivity index (χ1v) is 6.89. The molecule has 1 aliphatic heterocycles. The summed E-state index contributed by atoms with van der Waals surface area (Å²) in [5.41, 5.74) is 4.12. The van der Waals surface area contributed by atoms with E-state index in [2.05, 4.69) is 37.4 Å². The van der Waals surface area contributed by atoms with Gasteiger partial charge in [0.05, 0.1) is 17.3 Å². The molecule has 104 valence electrons. The molecule has 4 heteroatoms. The fourth-order valence-corrected chi connectivity index (χ4v) is 2.81. The first-order valence-electron chi connectivity index (χ1n) is 6.51. The fourth-order valence-electron chi connectivity index (χ4n) is 2.56. The molecule has 1 atom stereocenters. The number of anilines is 1. The zero-order chi connectivity index (χ0) is 14.3. The second kappa shape index (κ2) is 4.98. The molecule has 2 aromatic carbocycles. The van der Waals surface area contributed by atoms with Crippen molar-refractivity contribution in [2.45, 2.75) is 20.0 Å². The maximum Gasteiger partial charge on any atom is 0.162 e. The van der Waals surface area contributed by atoms with Gasteiger partial charge in [-0.2, -0.15) is 0 Å². The van der Waals surface area contributed by atoms with Gasteiger partial charge in [0, 0.05) is 6.07 Å². The van der Waals surface area contributed by atoms with Gasteiger partial charge in [-0.3, -0.25) is 0 Å². The Morgan fingerprint density at radius 1 is 1.25 bits per heavy atom. The molecule has 0 aliphatic carbocycles. The average Bonchev–Trinajstić information content (AvgIpc) is 2.38. The number of halogens is 2. The minimum atomic E-state index is -0.366. The van der Waals surface area contributed by atoms with E-state index in [-0.39, 0.29) is 11.9 Å². The van der Waals surface area contributed by atoms with Crippen molar-refractivity contribution in [3.63, 3.8) is 0 Å². The van der Waals surface area contributed by atoms with E-state index in [0.29, 0.717) is 23.0 Å². The summed E-state index contributed by atoms with van der Waals surface area (Å²) in [5.74, 6) is 0.152. The van der Waals surface area contributed by atoms with Gasteiger partial charge in [0.1, 0.15) is 11.9 Å². The standard InChI is InChI=1S/C16H15ClFNO/c1-9-3-4-12(10(2)5-9)15-8-19-14-7-11(18)6-13(17)16(14)20-15/h3-7,15,19H,8H2,1-2H3. The number of aryl methyl sites for hydroxylation is 2. The summed E-state index contributed by atoms with van der Waals surface area (Å²) >= 11 is 6.06. The molecule has 1 unspecified atom stereocenters. The van der Waals surface area contributed by atoms with Gasteiger partial charge in [0.2, 0.25) is 0 Å². The van der Waals surface area contributed by atoms with E-state index in [1.54, 1.807) is 0 Å². The second-order valence-corrected chi connectivity index (χ2v) is 5.52. The van der Waals surface area contributed by atoms with Crippen LogP contribution in [-0.4, -0.2) is 6.54 Å². The lowest BCUT2D eigenvalue weighted by Crippen LogP contribution is -2.24. The van der Waals surface area contributed by atoms with E-state index in [1.807, 2.05) is 0 Å². The molecule has 1 N–H and O–H groups in total. The molecular weight excluding hydrogens is 277 g/mol. The zero-order valence-electron chi connectivity index (χ0n) is 11.3. The molecule has 0 bridgehead atoms. The first-order chi connectivity index (χ1) is 9.54. The molecule has 0 fully saturated rings. The van der Waals surface area contributed by atoms with Crippen molar-refractivity contribution in [1.29, 1.82) is 0 Å². The number of benzene rings is 2. The van der Waals surface area contributed by atoms with Gasteiger partial charge in [-0.05, 0) is 31.0 Å². The van der Waals surface area contributed by atoms with Crippen molar-refractivity contribution in [2.75, 3.05) is 11.9 Å². The quantitative estimate of drug-likeness (QED) is 0.826.